The van der Waals surface area contributed by atoms with Gasteiger partial charge in [-0.3, -0.25) is 4.79 Å². The van der Waals surface area contributed by atoms with Crippen molar-refractivity contribution in [3.8, 4) is 0 Å². The van der Waals surface area contributed by atoms with Gasteiger partial charge in [0, 0.05) is 19.9 Å². The van der Waals surface area contributed by atoms with Crippen molar-refractivity contribution in [1.29, 1.82) is 0 Å². The fourth-order valence-electron chi connectivity index (χ4n) is 1.71. The van der Waals surface area contributed by atoms with Gasteiger partial charge in [0.05, 0.1) is 5.92 Å². The highest BCUT2D eigenvalue weighted by atomic mass is 19.4. The number of likely N-dealkylation sites (tertiary alicyclic amines) is 1. The average Bonchev–Trinajstić information content (AvgIpc) is 2.23. The summed E-state index contributed by atoms with van der Waals surface area (Å²) in [5.41, 5.74) is 0. The third-order valence-electron chi connectivity index (χ3n) is 2.43. The van der Waals surface area contributed by atoms with Crippen LogP contribution < -0.4 is 0 Å². The van der Waals surface area contributed by atoms with Gasteiger partial charge in [0.25, 0.3) is 0 Å². The number of hydrogen-bond acceptors (Lipinski definition) is 1. The molecule has 0 bridgehead atoms. The van der Waals surface area contributed by atoms with E-state index in [9.17, 15) is 22.4 Å². The van der Waals surface area contributed by atoms with E-state index in [1.807, 2.05) is 0 Å². The lowest BCUT2D eigenvalue weighted by Gasteiger charge is -2.25. The molecular formula is C8H11F4NO. The maximum Gasteiger partial charge on any atom is 0.393 e. The zero-order valence-electron chi connectivity index (χ0n) is 7.86. The van der Waals surface area contributed by atoms with Crippen LogP contribution in [0.4, 0.5) is 17.6 Å². The quantitative estimate of drug-likeness (QED) is 0.445. The van der Waals surface area contributed by atoms with Gasteiger partial charge in [0.15, 0.2) is 5.79 Å². The number of rotatable bonds is 0. The fourth-order valence-corrected chi connectivity index (χ4v) is 1.71. The maximum absolute atomic E-state index is 13.5. The van der Waals surface area contributed by atoms with Crippen molar-refractivity contribution in [3.05, 3.63) is 0 Å². The predicted molar refractivity (Wildman–Crippen MR) is 41.1 cm³/mol. The normalized spacial score (nSPS) is 33.6. The first-order chi connectivity index (χ1) is 6.14. The Morgan fingerprint density at radius 1 is 1.50 bits per heavy atom. The molecule has 0 radical (unpaired) electrons. The second-order valence-corrected chi connectivity index (χ2v) is 3.71. The first kappa shape index (κ1) is 11.3. The Kier molecular flexibility index (Phi) is 2.49. The van der Waals surface area contributed by atoms with Gasteiger partial charge in [0.2, 0.25) is 5.91 Å². The second-order valence-electron chi connectivity index (χ2n) is 3.71. The van der Waals surface area contributed by atoms with Crippen LogP contribution in [0.2, 0.25) is 0 Å². The van der Waals surface area contributed by atoms with Gasteiger partial charge in [-0.2, -0.15) is 13.2 Å². The Morgan fingerprint density at radius 2 is 2.00 bits per heavy atom. The molecule has 1 rings (SSSR count). The Hall–Kier alpha value is -0.810. The van der Waals surface area contributed by atoms with Gasteiger partial charge in [0.1, 0.15) is 0 Å². The summed E-state index contributed by atoms with van der Waals surface area (Å²) in [5, 5.41) is 0. The largest absolute Gasteiger partial charge is 0.393 e. The topological polar surface area (TPSA) is 20.3 Å². The summed E-state index contributed by atoms with van der Waals surface area (Å²) in [6.45, 7) is 1.49. The molecule has 1 amide bonds. The first-order valence-corrected chi connectivity index (χ1v) is 4.18. The highest BCUT2D eigenvalue weighted by molar-refractivity contribution is 5.74. The molecule has 0 aromatic carbocycles. The number of hydrogen-bond donors (Lipinski definition) is 0. The molecule has 1 unspecified atom stereocenters. The molecule has 0 aliphatic carbocycles. The molecule has 1 saturated heterocycles. The van der Waals surface area contributed by atoms with Crippen LogP contribution in [0.25, 0.3) is 0 Å². The molecule has 82 valence electrons. The summed E-state index contributed by atoms with van der Waals surface area (Å²) < 4.78 is 50.2. The third kappa shape index (κ3) is 1.99. The van der Waals surface area contributed by atoms with Crippen LogP contribution in [0.1, 0.15) is 20.3 Å². The number of alkyl halides is 4. The molecule has 1 heterocycles. The predicted octanol–water partition coefficient (Wildman–Crippen LogP) is 2.10. The summed E-state index contributed by atoms with van der Waals surface area (Å²) >= 11 is 0. The molecule has 14 heavy (non-hydrogen) atoms. The number of carbonyl (C=O) groups is 1. The lowest BCUT2D eigenvalue weighted by Crippen LogP contribution is -2.40. The Labute approximate surface area is 78.9 Å². The lowest BCUT2D eigenvalue weighted by molar-refractivity contribution is -0.171. The minimum Gasteiger partial charge on any atom is -0.310 e. The number of amides is 1. The molecule has 1 aliphatic rings. The average molecular weight is 213 g/mol. The van der Waals surface area contributed by atoms with Crippen molar-refractivity contribution in [3.63, 3.8) is 0 Å². The summed E-state index contributed by atoms with van der Waals surface area (Å²) in [4.78, 5) is 11.5. The van der Waals surface area contributed by atoms with Crippen molar-refractivity contribution in [1.82, 2.24) is 4.90 Å². The summed E-state index contributed by atoms with van der Waals surface area (Å²) in [7, 11) is 0. The molecule has 2 atom stereocenters. The molecule has 0 N–H and O–H groups in total. The Bertz CT molecular complexity index is 248. The number of carbonyl (C=O) groups excluding carboxylic acids is 1. The van der Waals surface area contributed by atoms with Crippen LogP contribution in [0, 0.1) is 5.92 Å². The molecule has 0 spiro atoms. The van der Waals surface area contributed by atoms with Crippen LogP contribution in [-0.4, -0.2) is 29.3 Å². The van der Waals surface area contributed by atoms with Crippen molar-refractivity contribution in [2.24, 2.45) is 5.92 Å². The van der Waals surface area contributed by atoms with E-state index < -0.39 is 36.8 Å². The van der Waals surface area contributed by atoms with Gasteiger partial charge in [-0.25, -0.2) is 4.39 Å². The van der Waals surface area contributed by atoms with Crippen LogP contribution in [0.15, 0.2) is 0 Å². The van der Waals surface area contributed by atoms with Crippen molar-refractivity contribution < 1.29 is 22.4 Å². The number of halogens is 4. The van der Waals surface area contributed by atoms with Crippen molar-refractivity contribution in [2.45, 2.75) is 32.2 Å². The van der Waals surface area contributed by atoms with Gasteiger partial charge in [-0.05, 0) is 6.92 Å². The summed E-state index contributed by atoms with van der Waals surface area (Å²) in [6, 6.07) is 0. The smallest absolute Gasteiger partial charge is 0.310 e. The first-order valence-electron chi connectivity index (χ1n) is 4.18. The SMILES string of the molecule is CC(=O)N1CC(C(F)(F)F)C[C@]1(C)F. The van der Waals surface area contributed by atoms with Gasteiger partial charge >= 0.3 is 6.18 Å². The second kappa shape index (κ2) is 3.10. The van der Waals surface area contributed by atoms with Crippen LogP contribution >= 0.6 is 0 Å². The van der Waals surface area contributed by atoms with E-state index in [2.05, 4.69) is 0 Å². The van der Waals surface area contributed by atoms with Crippen LogP contribution in [0.3, 0.4) is 0 Å². The molecule has 0 aromatic rings. The van der Waals surface area contributed by atoms with Crippen molar-refractivity contribution >= 4 is 5.91 Å². The van der Waals surface area contributed by atoms with Gasteiger partial charge < -0.3 is 4.90 Å². The maximum atomic E-state index is 13.5. The fraction of sp³-hybridized carbons (Fsp3) is 0.875. The highest BCUT2D eigenvalue weighted by Crippen LogP contribution is 2.42. The highest BCUT2D eigenvalue weighted by Gasteiger charge is 2.53. The molecule has 6 heteroatoms. The van der Waals surface area contributed by atoms with E-state index >= 15 is 0 Å². The minimum absolute atomic E-state index is 0.578. The van der Waals surface area contributed by atoms with E-state index in [-0.39, 0.29) is 0 Å². The van der Waals surface area contributed by atoms with E-state index in [0.717, 1.165) is 13.8 Å². The Balaban J connectivity index is 2.82. The monoisotopic (exact) mass is 213 g/mol. The molecule has 2 nitrogen and oxygen atoms in total. The molecule has 0 saturated carbocycles. The van der Waals surface area contributed by atoms with Crippen LogP contribution in [-0.2, 0) is 4.79 Å². The van der Waals surface area contributed by atoms with Gasteiger partial charge in [-0.15, -0.1) is 0 Å². The molecule has 0 aromatic heterocycles. The van der Waals surface area contributed by atoms with Crippen LogP contribution in [0.5, 0.6) is 0 Å². The van der Waals surface area contributed by atoms with E-state index in [0.29, 0.717) is 4.90 Å². The van der Waals surface area contributed by atoms with Crippen molar-refractivity contribution in [2.75, 3.05) is 6.54 Å². The zero-order valence-corrected chi connectivity index (χ0v) is 7.86. The summed E-state index contributed by atoms with van der Waals surface area (Å²) in [5.74, 6) is -4.59. The molecular weight excluding hydrogens is 202 g/mol. The third-order valence-corrected chi connectivity index (χ3v) is 2.43. The van der Waals surface area contributed by atoms with Gasteiger partial charge in [-0.1, -0.05) is 0 Å². The standard InChI is InChI=1S/C8H11F4NO/c1-5(14)13-4-6(8(10,11)12)3-7(13,2)9/h6H,3-4H2,1-2H3/t6?,7-/m1/s1. The Morgan fingerprint density at radius 3 is 2.21 bits per heavy atom. The van der Waals surface area contributed by atoms with E-state index in [1.165, 1.54) is 0 Å². The lowest BCUT2D eigenvalue weighted by atomic mass is 10.1. The summed E-state index contributed by atoms with van der Waals surface area (Å²) in [6.07, 6.45) is -5.10. The van der Waals surface area contributed by atoms with E-state index in [4.69, 9.17) is 0 Å². The molecule has 1 fully saturated rings. The number of nitrogens with zero attached hydrogens (tertiary/aromatic N) is 1. The molecule has 1 aliphatic heterocycles. The van der Waals surface area contributed by atoms with E-state index in [1.54, 1.807) is 0 Å². The minimum atomic E-state index is -4.43. The zero-order chi connectivity index (χ0) is 11.1.